The van der Waals surface area contributed by atoms with Crippen LogP contribution in [-0.2, 0) is 11.8 Å². The molecule has 7 heteroatoms. The third kappa shape index (κ3) is 2.34. The van der Waals surface area contributed by atoms with Gasteiger partial charge in [0.1, 0.15) is 10.5 Å². The molecule has 2 amide bonds. The van der Waals surface area contributed by atoms with Gasteiger partial charge in [-0.05, 0) is 6.07 Å². The fourth-order valence-electron chi connectivity index (χ4n) is 4.02. The van der Waals surface area contributed by atoms with Crippen LogP contribution in [0.5, 0.6) is 0 Å². The Morgan fingerprint density at radius 1 is 1.27 bits per heavy atom. The summed E-state index contributed by atoms with van der Waals surface area (Å²) in [6, 6.07) is 12.1. The fourth-order valence-corrected chi connectivity index (χ4v) is 5.06. The first-order valence-electron chi connectivity index (χ1n) is 8.71. The van der Waals surface area contributed by atoms with Crippen molar-refractivity contribution in [2.45, 2.75) is 12.5 Å². The van der Waals surface area contributed by atoms with E-state index in [-0.39, 0.29) is 23.8 Å². The summed E-state index contributed by atoms with van der Waals surface area (Å²) in [6.07, 6.45) is 0.531. The number of rotatable bonds is 2. The van der Waals surface area contributed by atoms with Crippen molar-refractivity contribution in [3.05, 3.63) is 41.3 Å². The van der Waals surface area contributed by atoms with Crippen molar-refractivity contribution in [2.24, 2.45) is 13.0 Å². The smallest absolute Gasteiger partial charge is 0.264 e. The lowest BCUT2D eigenvalue weighted by molar-refractivity contribution is -0.119. The van der Waals surface area contributed by atoms with Crippen molar-refractivity contribution in [2.75, 3.05) is 13.1 Å². The summed E-state index contributed by atoms with van der Waals surface area (Å²) in [5.74, 6) is 0.406. The molecule has 2 aliphatic rings. The maximum Gasteiger partial charge on any atom is 0.264 e. The van der Waals surface area contributed by atoms with Crippen LogP contribution >= 0.6 is 11.3 Å². The highest BCUT2D eigenvalue weighted by Gasteiger charge is 2.42. The SMILES string of the molecule is Cn1nc(-c2ccccc2)c2cc(C(=O)N3C[C@@H]4CC(=O)N[C@@H]4C3)sc21. The van der Waals surface area contributed by atoms with E-state index in [4.69, 9.17) is 0 Å². The first kappa shape index (κ1) is 15.6. The third-order valence-electron chi connectivity index (χ3n) is 5.29. The Labute approximate surface area is 154 Å². The van der Waals surface area contributed by atoms with E-state index >= 15 is 0 Å². The fraction of sp³-hybridized carbons (Fsp3) is 0.316. The van der Waals surface area contributed by atoms with Gasteiger partial charge in [0.05, 0.1) is 10.9 Å². The molecule has 0 spiro atoms. The topological polar surface area (TPSA) is 67.2 Å². The molecule has 3 aromatic rings. The van der Waals surface area contributed by atoms with Gasteiger partial charge < -0.3 is 10.2 Å². The lowest BCUT2D eigenvalue weighted by atomic mass is 10.1. The van der Waals surface area contributed by atoms with Crippen molar-refractivity contribution in [1.29, 1.82) is 0 Å². The molecule has 0 bridgehead atoms. The average Bonchev–Trinajstić information content (AvgIpc) is 3.36. The number of likely N-dealkylation sites (tertiary alicyclic amines) is 1. The second-order valence-electron chi connectivity index (χ2n) is 7.02. The maximum absolute atomic E-state index is 13.0. The monoisotopic (exact) mass is 366 g/mol. The first-order chi connectivity index (χ1) is 12.6. The van der Waals surface area contributed by atoms with E-state index in [1.54, 1.807) is 0 Å². The summed E-state index contributed by atoms with van der Waals surface area (Å²) in [5.41, 5.74) is 1.96. The molecule has 132 valence electrons. The minimum absolute atomic E-state index is 0.0499. The Morgan fingerprint density at radius 3 is 2.85 bits per heavy atom. The van der Waals surface area contributed by atoms with Gasteiger partial charge in [0.15, 0.2) is 0 Å². The van der Waals surface area contributed by atoms with Crippen LogP contribution < -0.4 is 5.32 Å². The van der Waals surface area contributed by atoms with Crippen LogP contribution in [0.1, 0.15) is 16.1 Å². The molecular formula is C19H18N4O2S. The van der Waals surface area contributed by atoms with Crippen molar-refractivity contribution in [3.63, 3.8) is 0 Å². The van der Waals surface area contributed by atoms with Crippen molar-refractivity contribution >= 4 is 33.4 Å². The molecule has 4 heterocycles. The lowest BCUT2D eigenvalue weighted by Crippen LogP contribution is -2.35. The van der Waals surface area contributed by atoms with Crippen molar-refractivity contribution < 1.29 is 9.59 Å². The van der Waals surface area contributed by atoms with Crippen molar-refractivity contribution in [1.82, 2.24) is 20.0 Å². The number of amides is 2. The molecular weight excluding hydrogens is 348 g/mol. The first-order valence-corrected chi connectivity index (χ1v) is 9.52. The van der Waals surface area contributed by atoms with E-state index < -0.39 is 0 Å². The molecule has 2 aromatic heterocycles. The molecule has 2 saturated heterocycles. The van der Waals surface area contributed by atoms with Crippen LogP contribution in [0.25, 0.3) is 21.5 Å². The standard InChI is InChI=1S/C19H18N4O2S/c1-22-19-13(17(21-22)11-5-3-2-4-6-11)8-15(26-19)18(25)23-9-12-7-16(24)20-14(12)10-23/h2-6,8,12,14H,7,9-10H2,1H3,(H,20,24)/t12-,14+/m0/s1. The summed E-state index contributed by atoms with van der Waals surface area (Å²) in [7, 11) is 1.91. The van der Waals surface area contributed by atoms with Gasteiger partial charge in [-0.3, -0.25) is 14.3 Å². The van der Waals surface area contributed by atoms with E-state index in [0.29, 0.717) is 19.5 Å². The highest BCUT2D eigenvalue weighted by Crippen LogP contribution is 2.35. The normalized spacial score (nSPS) is 22.0. The number of hydrogen-bond donors (Lipinski definition) is 1. The number of benzene rings is 1. The Morgan fingerprint density at radius 2 is 2.08 bits per heavy atom. The molecule has 0 unspecified atom stereocenters. The van der Waals surface area contributed by atoms with Gasteiger partial charge in [0.25, 0.3) is 5.91 Å². The summed E-state index contributed by atoms with van der Waals surface area (Å²) >= 11 is 1.48. The number of hydrogen-bond acceptors (Lipinski definition) is 4. The zero-order chi connectivity index (χ0) is 17.8. The molecule has 1 N–H and O–H groups in total. The molecule has 6 nitrogen and oxygen atoms in total. The lowest BCUT2D eigenvalue weighted by Gasteiger charge is -2.16. The van der Waals surface area contributed by atoms with E-state index in [1.165, 1.54) is 11.3 Å². The van der Waals surface area contributed by atoms with Gasteiger partial charge in [0, 0.05) is 43.4 Å². The van der Waals surface area contributed by atoms with Gasteiger partial charge in [-0.25, -0.2) is 0 Å². The number of aryl methyl sites for hydroxylation is 1. The molecule has 5 rings (SSSR count). The summed E-state index contributed by atoms with van der Waals surface area (Å²) in [5, 5.41) is 8.61. The Bertz CT molecular complexity index is 1010. The van der Waals surface area contributed by atoms with Gasteiger partial charge in [-0.15, -0.1) is 11.3 Å². The number of aromatic nitrogens is 2. The second kappa shape index (κ2) is 5.67. The highest BCUT2D eigenvalue weighted by molar-refractivity contribution is 7.20. The van der Waals surface area contributed by atoms with Gasteiger partial charge >= 0.3 is 0 Å². The second-order valence-corrected chi connectivity index (χ2v) is 8.05. The third-order valence-corrected chi connectivity index (χ3v) is 6.48. The van der Waals surface area contributed by atoms with Crippen LogP contribution in [-0.4, -0.2) is 45.6 Å². The predicted molar refractivity (Wildman–Crippen MR) is 100.0 cm³/mol. The van der Waals surface area contributed by atoms with Crippen LogP contribution in [0.2, 0.25) is 0 Å². The minimum atomic E-state index is 0.0499. The predicted octanol–water partition coefficient (Wildman–Crippen LogP) is 2.26. The zero-order valence-corrected chi connectivity index (χ0v) is 15.1. The maximum atomic E-state index is 13.0. The molecule has 1 aromatic carbocycles. The van der Waals surface area contributed by atoms with Gasteiger partial charge in [0.2, 0.25) is 5.91 Å². The van der Waals surface area contributed by atoms with Crippen LogP contribution in [0.3, 0.4) is 0 Å². The van der Waals surface area contributed by atoms with E-state index in [2.05, 4.69) is 10.4 Å². The Balaban J connectivity index is 1.47. The van der Waals surface area contributed by atoms with E-state index in [0.717, 1.165) is 26.4 Å². The van der Waals surface area contributed by atoms with E-state index in [9.17, 15) is 9.59 Å². The largest absolute Gasteiger partial charge is 0.351 e. The van der Waals surface area contributed by atoms with Crippen LogP contribution in [0, 0.1) is 5.92 Å². The molecule has 0 saturated carbocycles. The molecule has 0 radical (unpaired) electrons. The number of nitrogens with one attached hydrogen (secondary N) is 1. The average molecular weight is 366 g/mol. The summed E-state index contributed by atoms with van der Waals surface area (Å²) < 4.78 is 1.85. The van der Waals surface area contributed by atoms with E-state index in [1.807, 2.05) is 53.0 Å². The van der Waals surface area contributed by atoms with Crippen molar-refractivity contribution in [3.8, 4) is 11.3 Å². The summed E-state index contributed by atoms with van der Waals surface area (Å²) in [4.78, 5) is 28.1. The number of nitrogens with zero attached hydrogens (tertiary/aromatic N) is 3. The van der Waals surface area contributed by atoms with Gasteiger partial charge in [-0.1, -0.05) is 30.3 Å². The number of thiophene rings is 1. The highest BCUT2D eigenvalue weighted by atomic mass is 32.1. The Hall–Kier alpha value is -2.67. The molecule has 2 aliphatic heterocycles. The number of fused-ring (bicyclic) bond motifs is 2. The Kier molecular flexibility index (Phi) is 3.40. The molecule has 2 fully saturated rings. The van der Waals surface area contributed by atoms with Gasteiger partial charge in [-0.2, -0.15) is 5.10 Å². The molecule has 26 heavy (non-hydrogen) atoms. The van der Waals surface area contributed by atoms with Crippen LogP contribution in [0.15, 0.2) is 36.4 Å². The number of carbonyl (C=O) groups is 2. The molecule has 2 atom stereocenters. The zero-order valence-electron chi connectivity index (χ0n) is 14.3. The molecule has 0 aliphatic carbocycles. The van der Waals surface area contributed by atoms with Crippen LogP contribution in [0.4, 0.5) is 0 Å². The quantitative estimate of drug-likeness (QED) is 0.757. The number of carbonyl (C=O) groups excluding carboxylic acids is 2. The minimum Gasteiger partial charge on any atom is -0.351 e. The summed E-state index contributed by atoms with van der Waals surface area (Å²) in [6.45, 7) is 1.26.